The Bertz CT molecular complexity index is 3010. The Labute approximate surface area is 332 Å². The first-order chi connectivity index (χ1) is 28.5. The Balaban J connectivity index is 1.26. The Morgan fingerprint density at radius 1 is 0.500 bits per heavy atom. The summed E-state index contributed by atoms with van der Waals surface area (Å²) in [6.07, 6.45) is 1.80. The maximum absolute atomic E-state index is 11.6. The predicted octanol–water partition coefficient (Wildman–Crippen LogP) is 13.4. The molecule has 0 spiro atoms. The van der Waals surface area contributed by atoms with E-state index in [9.17, 15) is 5.11 Å². The Hall–Kier alpha value is -7.04. The molecule has 0 aliphatic rings. The van der Waals surface area contributed by atoms with Gasteiger partial charge in [-0.25, -0.2) is 4.98 Å². The first-order valence-electron chi connectivity index (χ1n) is 20.3. The van der Waals surface area contributed by atoms with Gasteiger partial charge in [0.2, 0.25) is 0 Å². The molecule has 56 heavy (non-hydrogen) atoms. The highest BCUT2D eigenvalue weighted by atomic mass is 16.3. The number of nitrogens with zero attached hydrogens (tertiary/aromatic N) is 3. The second-order valence-corrected chi connectivity index (χ2v) is 14.5. The highest BCUT2D eigenvalue weighted by Gasteiger charge is 2.22. The summed E-state index contributed by atoms with van der Waals surface area (Å²) >= 11 is 0. The van der Waals surface area contributed by atoms with Crippen LogP contribution in [0.2, 0.25) is 0 Å². The van der Waals surface area contributed by atoms with E-state index >= 15 is 0 Å². The Morgan fingerprint density at radius 3 is 1.89 bits per heavy atom. The molecule has 0 bridgehead atoms. The molecule has 0 aliphatic carbocycles. The molecule has 0 radical (unpaired) electrons. The van der Waals surface area contributed by atoms with Crippen molar-refractivity contribution in [1.29, 1.82) is 0 Å². The third kappa shape index (κ3) is 6.56. The number of hydrogen-bond donors (Lipinski definition) is 1. The number of hydrogen-bond acceptors (Lipinski definition) is 3. The van der Waals surface area contributed by atoms with Crippen LogP contribution in [-0.4, -0.2) is 19.6 Å². The number of phenols is 1. The average molecular weight is 727 g/mol. The molecule has 9 rings (SSSR count). The molecule has 0 fully saturated rings. The van der Waals surface area contributed by atoms with Crippen LogP contribution in [0, 0.1) is 27.6 Å². The van der Waals surface area contributed by atoms with Gasteiger partial charge < -0.3 is 5.11 Å². The van der Waals surface area contributed by atoms with Gasteiger partial charge in [-0.3, -0.25) is 9.55 Å². The van der Waals surface area contributed by atoms with Crippen LogP contribution >= 0.6 is 0 Å². The van der Waals surface area contributed by atoms with Gasteiger partial charge in [0.05, 0.1) is 22.3 Å². The number of fused-ring (bicyclic) bond motifs is 1. The minimum atomic E-state index is -2.17. The number of rotatable bonds is 7. The maximum Gasteiger partial charge on any atom is 0.149 e. The van der Waals surface area contributed by atoms with E-state index in [4.69, 9.17) is 14.1 Å². The second kappa shape index (κ2) is 14.3. The molecule has 1 N–H and O–H groups in total. The molecule has 9 aromatic rings. The van der Waals surface area contributed by atoms with Crippen LogP contribution in [0.15, 0.2) is 170 Å². The van der Waals surface area contributed by atoms with Crippen LogP contribution in [0.4, 0.5) is 0 Å². The zero-order valence-corrected chi connectivity index (χ0v) is 31.5. The van der Waals surface area contributed by atoms with Crippen molar-refractivity contribution in [3.63, 3.8) is 0 Å². The first-order valence-corrected chi connectivity index (χ1v) is 18.8. The number of benzene rings is 7. The van der Waals surface area contributed by atoms with Crippen molar-refractivity contribution in [2.75, 3.05) is 0 Å². The van der Waals surface area contributed by atoms with Crippen LogP contribution in [0.1, 0.15) is 26.4 Å². The summed E-state index contributed by atoms with van der Waals surface area (Å²) in [5, 5.41) is 11.6. The van der Waals surface area contributed by atoms with Crippen molar-refractivity contribution in [2.24, 2.45) is 0 Å². The third-order valence-electron chi connectivity index (χ3n) is 10.4. The minimum absolute atomic E-state index is 0.206. The van der Waals surface area contributed by atoms with Crippen molar-refractivity contribution in [3.8, 4) is 78.6 Å². The number of imidazole rings is 1. The molecule has 0 atom stereocenters. The van der Waals surface area contributed by atoms with Gasteiger partial charge in [-0.1, -0.05) is 115 Å². The molecule has 4 nitrogen and oxygen atoms in total. The predicted molar refractivity (Wildman–Crippen MR) is 232 cm³/mol. The van der Waals surface area contributed by atoms with E-state index < -0.39 is 6.85 Å². The van der Waals surface area contributed by atoms with Gasteiger partial charge in [-0.2, -0.15) is 0 Å². The number of para-hydroxylation sites is 1. The first kappa shape index (κ1) is 31.3. The fraction of sp³-hybridized carbons (Fsp3) is 0.0769. The van der Waals surface area contributed by atoms with Crippen molar-refractivity contribution < 1.29 is 9.22 Å². The SMILES string of the molecule is [2H]C([2H])([2H])c1ccc(-c2ccnc(-c3cc(-c4ccccc4)cc(-c4cccc5c4nc(-c4cc(C)cc(C)c4O)n5-c4cc(C)cc(-c5ccccc5)c4)c3)c2)cc1. The molecular weight excluding hydrogens is 683 g/mol. The minimum Gasteiger partial charge on any atom is -0.507 e. The van der Waals surface area contributed by atoms with Crippen LogP contribution in [-0.2, 0) is 0 Å². The fourth-order valence-corrected chi connectivity index (χ4v) is 7.75. The van der Waals surface area contributed by atoms with Crippen molar-refractivity contribution in [2.45, 2.75) is 27.6 Å². The number of aromatic nitrogens is 3. The smallest absolute Gasteiger partial charge is 0.149 e. The Kier molecular flexibility index (Phi) is 8.01. The van der Waals surface area contributed by atoms with Gasteiger partial charge >= 0.3 is 0 Å². The normalized spacial score (nSPS) is 12.3. The van der Waals surface area contributed by atoms with Crippen LogP contribution in [0.3, 0.4) is 0 Å². The maximum atomic E-state index is 11.6. The molecule has 270 valence electrons. The lowest BCUT2D eigenvalue weighted by Crippen LogP contribution is -2.00. The van der Waals surface area contributed by atoms with Crippen LogP contribution < -0.4 is 0 Å². The average Bonchev–Trinajstić information content (AvgIpc) is 3.65. The molecule has 0 amide bonds. The van der Waals surface area contributed by atoms with Crippen molar-refractivity contribution >= 4 is 11.0 Å². The highest BCUT2D eigenvalue weighted by molar-refractivity contribution is 5.98. The summed E-state index contributed by atoms with van der Waals surface area (Å²) in [5.41, 5.74) is 16.3. The zero-order chi connectivity index (χ0) is 40.8. The molecule has 4 heteroatoms. The van der Waals surface area contributed by atoms with Gasteiger partial charge in [-0.15, -0.1) is 0 Å². The van der Waals surface area contributed by atoms with E-state index in [1.165, 1.54) is 0 Å². The monoisotopic (exact) mass is 726 g/mol. The molecular formula is C52H41N3O. The van der Waals surface area contributed by atoms with Crippen molar-refractivity contribution in [1.82, 2.24) is 14.5 Å². The van der Waals surface area contributed by atoms with Crippen LogP contribution in [0.5, 0.6) is 5.75 Å². The summed E-state index contributed by atoms with van der Waals surface area (Å²) in [6.45, 7) is 3.91. The number of pyridine rings is 1. The fourth-order valence-electron chi connectivity index (χ4n) is 7.75. The topological polar surface area (TPSA) is 50.9 Å². The summed E-state index contributed by atoms with van der Waals surface area (Å²) in [5.74, 6) is 0.858. The number of phenolic OH excluding ortho intramolecular Hbond substituents is 1. The molecule has 0 unspecified atom stereocenters. The van der Waals surface area contributed by atoms with E-state index in [0.717, 1.165) is 89.2 Å². The quantitative estimate of drug-likeness (QED) is 0.178. The molecule has 0 aliphatic heterocycles. The lowest BCUT2D eigenvalue weighted by atomic mass is 9.93. The number of aryl methyl sites for hydroxylation is 4. The van der Waals surface area contributed by atoms with Gasteiger partial charge in [0.15, 0.2) is 0 Å². The third-order valence-corrected chi connectivity index (χ3v) is 10.4. The van der Waals surface area contributed by atoms with E-state index in [1.54, 1.807) is 18.3 Å². The van der Waals surface area contributed by atoms with Gasteiger partial charge in [0, 0.05) is 27.1 Å². The van der Waals surface area contributed by atoms with Crippen LogP contribution in [0.25, 0.3) is 83.9 Å². The summed E-state index contributed by atoms with van der Waals surface area (Å²) in [6, 6.07) is 55.1. The van der Waals surface area contributed by atoms with E-state index in [2.05, 4.69) is 109 Å². The molecule has 7 aromatic carbocycles. The second-order valence-electron chi connectivity index (χ2n) is 14.5. The zero-order valence-electron chi connectivity index (χ0n) is 34.5. The van der Waals surface area contributed by atoms with E-state index in [1.807, 2.05) is 68.4 Å². The van der Waals surface area contributed by atoms with Crippen molar-refractivity contribution in [3.05, 3.63) is 192 Å². The van der Waals surface area contributed by atoms with E-state index in [-0.39, 0.29) is 5.75 Å². The summed E-state index contributed by atoms with van der Waals surface area (Å²) in [7, 11) is 0. The Morgan fingerprint density at radius 2 is 1.16 bits per heavy atom. The van der Waals surface area contributed by atoms with Gasteiger partial charge in [0.1, 0.15) is 11.6 Å². The summed E-state index contributed by atoms with van der Waals surface area (Å²) in [4.78, 5) is 10.3. The van der Waals surface area contributed by atoms with Gasteiger partial charge in [-0.05, 0) is 138 Å². The molecule has 0 saturated heterocycles. The molecule has 0 saturated carbocycles. The highest BCUT2D eigenvalue weighted by Crippen LogP contribution is 2.41. The largest absolute Gasteiger partial charge is 0.507 e. The molecule has 2 heterocycles. The lowest BCUT2D eigenvalue weighted by molar-refractivity contribution is 0.472. The summed E-state index contributed by atoms with van der Waals surface area (Å²) < 4.78 is 25.6. The number of aromatic hydroxyl groups is 1. The van der Waals surface area contributed by atoms with E-state index in [0.29, 0.717) is 17.0 Å². The molecule has 2 aromatic heterocycles. The lowest BCUT2D eigenvalue weighted by Gasteiger charge is -2.15. The standard InChI is InChI=1S/C52H41N3O/c1-33-18-20-39(21-19-33)40-22-23-53-48(32-40)44-29-42(38-14-9-6-10-15-38)28-43(30-44)46-16-11-17-49-50(46)54-52(47-27-34(2)24-36(4)51(47)56)55(49)45-26-35(3)25-41(31-45)37-12-7-5-8-13-37/h5-32,56H,1-4H3/i1D3. The van der Waals surface area contributed by atoms with Gasteiger partial charge in [0.25, 0.3) is 0 Å².